The van der Waals surface area contributed by atoms with Gasteiger partial charge in [-0.15, -0.1) is 0 Å². The number of nitrogens with zero attached hydrogens (tertiary/aromatic N) is 3. The average molecular weight is 679 g/mol. The number of phenols is 2. The molecule has 0 radical (unpaired) electrons. The van der Waals surface area contributed by atoms with Crippen LogP contribution in [-0.2, 0) is 10.8 Å². The molecule has 8 heteroatoms. The summed E-state index contributed by atoms with van der Waals surface area (Å²) < 4.78 is 7.55. The molecule has 0 bridgehead atoms. The van der Waals surface area contributed by atoms with Crippen LogP contribution < -0.4 is 10.6 Å². The molecule has 0 heterocycles. The van der Waals surface area contributed by atoms with Crippen LogP contribution in [0.4, 0.5) is 11.4 Å². The number of aryl methyl sites for hydroxylation is 3. The Bertz CT molecular complexity index is 1790. The summed E-state index contributed by atoms with van der Waals surface area (Å²) in [5.74, 6) is 0.188. The molecule has 0 saturated carbocycles. The van der Waals surface area contributed by atoms with E-state index < -0.39 is 18.0 Å². The van der Waals surface area contributed by atoms with Gasteiger partial charge in [0, 0.05) is 33.0 Å². The van der Waals surface area contributed by atoms with Crippen LogP contribution in [0, 0.1) is 20.8 Å². The molecule has 4 aromatic carbocycles. The molecule has 0 aliphatic carbocycles. The lowest BCUT2D eigenvalue weighted by molar-refractivity contribution is 0.449. The summed E-state index contributed by atoms with van der Waals surface area (Å²) >= 11 is 13.7. The topological polar surface area (TPSA) is 68.4 Å². The number of hydrogen-bond acceptors (Lipinski definition) is 4. The Morgan fingerprint density at radius 2 is 1.17 bits per heavy atom. The molecule has 0 fully saturated rings. The van der Waals surface area contributed by atoms with Crippen LogP contribution in [0.1, 0.15) is 74.9 Å². The number of aromatic hydroxyl groups is 2. The summed E-state index contributed by atoms with van der Waals surface area (Å²) in [6.45, 7) is 18.4. The molecule has 0 aliphatic rings. The van der Waals surface area contributed by atoms with Crippen LogP contribution in [0.3, 0.4) is 0 Å². The van der Waals surface area contributed by atoms with E-state index in [9.17, 15) is 10.2 Å². The monoisotopic (exact) mass is 677 g/mol. The molecular weight excluding hydrogens is 632 g/mol. The van der Waals surface area contributed by atoms with Crippen molar-refractivity contribution in [2.75, 3.05) is 14.1 Å². The normalized spacial score (nSPS) is 12.7. The van der Waals surface area contributed by atoms with Crippen LogP contribution in [0.15, 0.2) is 70.4 Å². The van der Waals surface area contributed by atoms with Gasteiger partial charge in [-0.05, 0) is 87.2 Å². The molecule has 0 atom stereocenters. The second-order valence-corrected chi connectivity index (χ2v) is 18.3. The Morgan fingerprint density at radius 3 is 1.61 bits per heavy atom. The minimum Gasteiger partial charge on any atom is -0.507 e. The van der Waals surface area contributed by atoms with E-state index in [0.29, 0.717) is 37.5 Å². The molecule has 4 rings (SSSR count). The Morgan fingerprint density at radius 1 is 0.717 bits per heavy atom. The van der Waals surface area contributed by atoms with Crippen LogP contribution in [-0.4, -0.2) is 35.2 Å². The van der Waals surface area contributed by atoms with Gasteiger partial charge in [0.15, 0.2) is 0 Å². The van der Waals surface area contributed by atoms with Crippen molar-refractivity contribution in [2.24, 2.45) is 9.74 Å². The molecule has 2 N–H and O–H groups in total. The highest BCUT2D eigenvalue weighted by molar-refractivity contribution is 7.79. The molecule has 0 aromatic heterocycles. The van der Waals surface area contributed by atoms with E-state index in [1.165, 1.54) is 5.56 Å². The molecule has 46 heavy (non-hydrogen) atoms. The molecule has 0 aliphatic heterocycles. The van der Waals surface area contributed by atoms with Gasteiger partial charge in [0.05, 0.1) is 22.0 Å². The maximum absolute atomic E-state index is 12.1. The van der Waals surface area contributed by atoms with Crippen molar-refractivity contribution in [3.8, 4) is 11.5 Å². The molecule has 0 unspecified atom stereocenters. The van der Waals surface area contributed by atoms with Crippen LogP contribution in [0.2, 0.25) is 10.0 Å². The molecule has 0 amide bonds. The zero-order valence-electron chi connectivity index (χ0n) is 28.8. The number of hydrogen-bond donors (Lipinski definition) is 2. The number of halogens is 2. The average Bonchev–Trinajstić information content (AvgIpc) is 2.92. The zero-order chi connectivity index (χ0) is 34.4. The number of benzene rings is 4. The van der Waals surface area contributed by atoms with Crippen LogP contribution in [0.25, 0.3) is 0 Å². The second kappa shape index (κ2) is 13.2. The van der Waals surface area contributed by atoms with Crippen molar-refractivity contribution in [3.63, 3.8) is 0 Å². The van der Waals surface area contributed by atoms with Gasteiger partial charge < -0.3 is 10.2 Å². The first kappa shape index (κ1) is 35.8. The first-order valence-electron chi connectivity index (χ1n) is 15.4. The van der Waals surface area contributed by atoms with Gasteiger partial charge in [-0.2, -0.15) is 0 Å². The van der Waals surface area contributed by atoms with Crippen molar-refractivity contribution < 1.29 is 10.2 Å². The number of phenolic OH excluding ortho intramolecular Hbond substituents is 2. The first-order chi connectivity index (χ1) is 21.3. The van der Waals surface area contributed by atoms with Crippen molar-refractivity contribution in [1.29, 1.82) is 0 Å². The van der Waals surface area contributed by atoms with Gasteiger partial charge in [0.25, 0.3) is 0 Å². The Balaban J connectivity index is 2.20. The maximum atomic E-state index is 12.1. The molecule has 4 aromatic rings. The van der Waals surface area contributed by atoms with Crippen LogP contribution >= 0.6 is 30.4 Å². The van der Waals surface area contributed by atoms with Gasteiger partial charge in [-0.3, -0.25) is 9.66 Å². The Kier molecular flexibility index (Phi) is 10.3. The Hall–Kier alpha value is -3.08. The summed E-state index contributed by atoms with van der Waals surface area (Å²) in [6.07, 6.45) is 1.84. The van der Waals surface area contributed by atoms with E-state index in [1.807, 2.05) is 90.8 Å². The fourth-order valence-electron chi connectivity index (χ4n) is 5.90. The SMILES string of the molecule is Cc1cc(C)c(N=Cc2ccccc2N=P(c2cc(Cl)cc(C(C)(C)C)c2O)(c2cc(Cl)cc(C(C)(C)C)c2O)N(C)C)c(C)c1. The summed E-state index contributed by atoms with van der Waals surface area (Å²) in [6, 6.07) is 19.2. The van der Waals surface area contributed by atoms with E-state index in [-0.39, 0.29) is 11.5 Å². The maximum Gasteiger partial charge on any atom is 0.130 e. The van der Waals surface area contributed by atoms with E-state index >= 15 is 0 Å². The highest BCUT2D eigenvalue weighted by Gasteiger charge is 2.38. The smallest absolute Gasteiger partial charge is 0.130 e. The van der Waals surface area contributed by atoms with E-state index in [0.717, 1.165) is 22.4 Å². The third kappa shape index (κ3) is 7.09. The van der Waals surface area contributed by atoms with Crippen LogP contribution in [0.5, 0.6) is 11.5 Å². The highest BCUT2D eigenvalue weighted by atomic mass is 35.5. The fourth-order valence-corrected chi connectivity index (χ4v) is 9.97. The second-order valence-electron chi connectivity index (χ2n) is 14.3. The molecule has 0 spiro atoms. The fraction of sp³-hybridized carbons (Fsp3) is 0.342. The predicted octanol–water partition coefficient (Wildman–Crippen LogP) is 10.6. The lowest BCUT2D eigenvalue weighted by Crippen LogP contribution is -2.30. The van der Waals surface area contributed by atoms with Gasteiger partial charge in [-0.25, -0.2) is 4.74 Å². The quantitative estimate of drug-likeness (QED) is 0.158. The minimum atomic E-state index is -3.24. The zero-order valence-corrected chi connectivity index (χ0v) is 31.2. The van der Waals surface area contributed by atoms with Crippen molar-refractivity contribution in [2.45, 2.75) is 73.1 Å². The van der Waals surface area contributed by atoms with Gasteiger partial charge in [0.1, 0.15) is 18.7 Å². The van der Waals surface area contributed by atoms with E-state index in [1.54, 1.807) is 24.3 Å². The third-order valence-corrected chi connectivity index (χ3v) is 12.3. The van der Waals surface area contributed by atoms with E-state index in [4.69, 9.17) is 32.9 Å². The predicted molar refractivity (Wildman–Crippen MR) is 200 cm³/mol. The molecule has 5 nitrogen and oxygen atoms in total. The van der Waals surface area contributed by atoms with Gasteiger partial charge >= 0.3 is 0 Å². The summed E-state index contributed by atoms with van der Waals surface area (Å²) in [5, 5.41) is 26.2. The lowest BCUT2D eigenvalue weighted by atomic mass is 9.86. The third-order valence-electron chi connectivity index (χ3n) is 8.13. The minimum absolute atomic E-state index is 0.0939. The standard InChI is InChI=1S/C38H46Cl2N3O2P/c1-23-16-24(2)34(25(3)17-23)41-22-26-14-12-13-15-31(26)42-46(43(10)11,32-20-27(39)18-29(35(32)44)37(4,5)6)33-21-28(40)19-30(36(33)45)38(7,8)9/h12-22,44-45H,1-11H3. The van der Waals surface area contributed by atoms with Gasteiger partial charge in [-0.1, -0.05) is 101 Å². The van der Waals surface area contributed by atoms with Gasteiger partial charge in [0.2, 0.25) is 0 Å². The Labute approximate surface area is 285 Å². The lowest BCUT2D eigenvalue weighted by Gasteiger charge is -2.36. The van der Waals surface area contributed by atoms with Crippen molar-refractivity contribution in [1.82, 2.24) is 4.67 Å². The summed E-state index contributed by atoms with van der Waals surface area (Å²) in [4.78, 5) is 4.93. The number of aliphatic imine (C=N–C) groups is 1. The summed E-state index contributed by atoms with van der Waals surface area (Å²) in [5.41, 5.74) is 6.27. The number of rotatable bonds is 6. The molecule has 0 saturated heterocycles. The van der Waals surface area contributed by atoms with Crippen molar-refractivity contribution in [3.05, 3.63) is 104 Å². The van der Waals surface area contributed by atoms with E-state index in [2.05, 4.69) is 32.9 Å². The van der Waals surface area contributed by atoms with Crippen molar-refractivity contribution >= 4 is 58.6 Å². The molecular formula is C38H46Cl2N3O2P. The molecule has 244 valence electrons. The largest absolute Gasteiger partial charge is 0.507 e. The highest BCUT2D eigenvalue weighted by Crippen LogP contribution is 2.58. The first-order valence-corrected chi connectivity index (χ1v) is 17.8. The summed E-state index contributed by atoms with van der Waals surface area (Å²) in [7, 11) is 0.599.